The number of methoxy groups -OCH3 is 1. The summed E-state index contributed by atoms with van der Waals surface area (Å²) in [5, 5.41) is 2.87. The topological polar surface area (TPSA) is 58.6 Å². The first-order valence-corrected chi connectivity index (χ1v) is 11.5. The summed E-state index contributed by atoms with van der Waals surface area (Å²) in [5.41, 5.74) is 3.33. The first kappa shape index (κ1) is 23.8. The predicted molar refractivity (Wildman–Crippen MR) is 124 cm³/mol. The van der Waals surface area contributed by atoms with Crippen LogP contribution in [0.3, 0.4) is 0 Å². The second kappa shape index (κ2) is 12.3. The zero-order valence-corrected chi connectivity index (χ0v) is 19.1. The summed E-state index contributed by atoms with van der Waals surface area (Å²) in [6.45, 7) is 6.85. The van der Waals surface area contributed by atoms with Gasteiger partial charge in [0.15, 0.2) is 0 Å². The molecule has 0 aliphatic heterocycles. The van der Waals surface area contributed by atoms with Gasteiger partial charge in [0, 0.05) is 18.8 Å². The van der Waals surface area contributed by atoms with Crippen molar-refractivity contribution in [2.45, 2.75) is 45.5 Å². The van der Waals surface area contributed by atoms with Crippen LogP contribution in [0.15, 0.2) is 48.5 Å². The van der Waals surface area contributed by atoms with Gasteiger partial charge in [-0.15, -0.1) is 11.8 Å². The molecule has 5 nitrogen and oxygen atoms in total. The summed E-state index contributed by atoms with van der Waals surface area (Å²) in [6.07, 6.45) is 0.576. The van der Waals surface area contributed by atoms with Gasteiger partial charge in [-0.3, -0.25) is 9.59 Å². The lowest BCUT2D eigenvalue weighted by Gasteiger charge is -2.30. The number of hydrogen-bond donors (Lipinski definition) is 1. The molecule has 1 N–H and O–H groups in total. The molecule has 0 aromatic heterocycles. The fraction of sp³-hybridized carbons (Fsp3) is 0.417. The number of carbonyl (C=O) groups is 2. The van der Waals surface area contributed by atoms with E-state index in [9.17, 15) is 9.59 Å². The zero-order chi connectivity index (χ0) is 21.9. The van der Waals surface area contributed by atoms with E-state index in [0.717, 1.165) is 22.6 Å². The Bertz CT molecular complexity index is 806. The van der Waals surface area contributed by atoms with E-state index in [0.29, 0.717) is 25.3 Å². The van der Waals surface area contributed by atoms with Crippen LogP contribution in [0.25, 0.3) is 0 Å². The second-order valence-electron chi connectivity index (χ2n) is 7.17. The molecule has 1 unspecified atom stereocenters. The molecule has 1 atom stereocenters. The lowest BCUT2D eigenvalue weighted by molar-refractivity contribution is -0.139. The minimum absolute atomic E-state index is 0.0211. The smallest absolute Gasteiger partial charge is 0.242 e. The number of nitrogens with one attached hydrogen (secondary N) is 1. The maximum atomic E-state index is 13.1. The number of benzene rings is 2. The zero-order valence-electron chi connectivity index (χ0n) is 18.3. The molecule has 30 heavy (non-hydrogen) atoms. The fourth-order valence-corrected chi connectivity index (χ4v) is 4.03. The van der Waals surface area contributed by atoms with Crippen molar-refractivity contribution in [1.29, 1.82) is 0 Å². The number of likely N-dealkylation sites (N-methyl/N-ethyl adjacent to an activating group) is 1. The maximum Gasteiger partial charge on any atom is 0.242 e. The van der Waals surface area contributed by atoms with Crippen molar-refractivity contribution in [2.24, 2.45) is 0 Å². The second-order valence-corrected chi connectivity index (χ2v) is 8.15. The van der Waals surface area contributed by atoms with E-state index in [-0.39, 0.29) is 11.8 Å². The van der Waals surface area contributed by atoms with Gasteiger partial charge >= 0.3 is 0 Å². The van der Waals surface area contributed by atoms with Gasteiger partial charge in [-0.2, -0.15) is 0 Å². The quantitative estimate of drug-likeness (QED) is 0.583. The highest BCUT2D eigenvalue weighted by Gasteiger charge is 2.28. The predicted octanol–water partition coefficient (Wildman–Crippen LogP) is 4.18. The van der Waals surface area contributed by atoms with E-state index in [4.69, 9.17) is 4.74 Å². The number of hydrogen-bond acceptors (Lipinski definition) is 4. The van der Waals surface area contributed by atoms with Crippen molar-refractivity contribution >= 4 is 23.6 Å². The SMILES string of the molecule is CCNC(=O)C(CC)N(Cc1ccc(C)cc1)C(=O)CSCc1ccc(OC)cc1. The summed E-state index contributed by atoms with van der Waals surface area (Å²) in [5.74, 6) is 1.75. The van der Waals surface area contributed by atoms with Crippen LogP contribution in [-0.2, 0) is 21.9 Å². The van der Waals surface area contributed by atoms with Crippen molar-refractivity contribution < 1.29 is 14.3 Å². The average Bonchev–Trinajstić information content (AvgIpc) is 2.75. The van der Waals surface area contributed by atoms with Crippen molar-refractivity contribution in [3.63, 3.8) is 0 Å². The lowest BCUT2D eigenvalue weighted by Crippen LogP contribution is -2.49. The van der Waals surface area contributed by atoms with Crippen molar-refractivity contribution in [1.82, 2.24) is 10.2 Å². The average molecular weight is 429 g/mol. The van der Waals surface area contributed by atoms with E-state index < -0.39 is 6.04 Å². The van der Waals surface area contributed by atoms with Crippen molar-refractivity contribution in [2.75, 3.05) is 19.4 Å². The Hall–Kier alpha value is -2.47. The summed E-state index contributed by atoms with van der Waals surface area (Å²) >= 11 is 1.56. The Morgan fingerprint density at radius 1 is 1.03 bits per heavy atom. The Morgan fingerprint density at radius 2 is 1.67 bits per heavy atom. The number of rotatable bonds is 11. The fourth-order valence-electron chi connectivity index (χ4n) is 3.16. The van der Waals surface area contributed by atoms with Crippen molar-refractivity contribution in [3.05, 3.63) is 65.2 Å². The van der Waals surface area contributed by atoms with E-state index in [1.54, 1.807) is 23.8 Å². The van der Waals surface area contributed by atoms with E-state index in [1.807, 2.05) is 69.3 Å². The minimum atomic E-state index is -0.472. The van der Waals surface area contributed by atoms with Gasteiger partial charge < -0.3 is 15.0 Å². The molecule has 0 saturated heterocycles. The third-order valence-electron chi connectivity index (χ3n) is 4.86. The summed E-state index contributed by atoms with van der Waals surface area (Å²) in [7, 11) is 1.64. The number of amides is 2. The molecule has 0 aliphatic rings. The Kier molecular flexibility index (Phi) is 9.74. The number of ether oxygens (including phenoxy) is 1. The molecule has 0 radical (unpaired) electrons. The molecule has 2 rings (SSSR count). The molecule has 6 heteroatoms. The largest absolute Gasteiger partial charge is 0.497 e. The Morgan fingerprint density at radius 3 is 2.23 bits per heavy atom. The van der Waals surface area contributed by atoms with Crippen LogP contribution in [0.5, 0.6) is 5.75 Å². The monoisotopic (exact) mass is 428 g/mol. The Labute approximate surface area is 184 Å². The van der Waals surface area contributed by atoms with Crippen molar-refractivity contribution in [3.8, 4) is 5.75 Å². The molecule has 0 bridgehead atoms. The summed E-state index contributed by atoms with van der Waals surface area (Å²) < 4.78 is 5.18. The summed E-state index contributed by atoms with van der Waals surface area (Å²) in [4.78, 5) is 27.4. The number of carbonyl (C=O) groups excluding carboxylic acids is 2. The molecule has 0 spiro atoms. The van der Waals surface area contributed by atoms with Gasteiger partial charge in [-0.05, 0) is 43.5 Å². The lowest BCUT2D eigenvalue weighted by atomic mass is 10.1. The molecular formula is C24H32N2O3S. The molecule has 0 heterocycles. The summed E-state index contributed by atoms with van der Waals surface area (Å²) in [6, 6.07) is 15.5. The minimum Gasteiger partial charge on any atom is -0.497 e. The number of aryl methyl sites for hydroxylation is 1. The van der Waals surface area contributed by atoms with E-state index >= 15 is 0 Å². The van der Waals surface area contributed by atoms with Crippen LogP contribution >= 0.6 is 11.8 Å². The van der Waals surface area contributed by atoms with Crippen LogP contribution in [-0.4, -0.2) is 42.2 Å². The first-order chi connectivity index (χ1) is 14.5. The molecular weight excluding hydrogens is 396 g/mol. The maximum absolute atomic E-state index is 13.1. The van der Waals surface area contributed by atoms with Gasteiger partial charge in [0.2, 0.25) is 11.8 Å². The van der Waals surface area contributed by atoms with Gasteiger partial charge in [-0.25, -0.2) is 0 Å². The highest BCUT2D eigenvalue weighted by molar-refractivity contribution is 7.99. The normalized spacial score (nSPS) is 11.6. The third kappa shape index (κ3) is 7.10. The molecule has 0 aliphatic carbocycles. The molecule has 2 aromatic rings. The number of nitrogens with zero attached hydrogens (tertiary/aromatic N) is 1. The highest BCUT2D eigenvalue weighted by atomic mass is 32.2. The van der Waals surface area contributed by atoms with Gasteiger partial charge in [-0.1, -0.05) is 48.9 Å². The Balaban J connectivity index is 2.07. The molecule has 0 saturated carbocycles. The van der Waals surface area contributed by atoms with Gasteiger partial charge in [0.25, 0.3) is 0 Å². The molecule has 162 valence electrons. The molecule has 2 amide bonds. The van der Waals surface area contributed by atoms with Crippen LogP contribution in [0.4, 0.5) is 0 Å². The molecule has 2 aromatic carbocycles. The highest BCUT2D eigenvalue weighted by Crippen LogP contribution is 2.19. The third-order valence-corrected chi connectivity index (χ3v) is 5.85. The van der Waals surface area contributed by atoms with Gasteiger partial charge in [0.1, 0.15) is 11.8 Å². The van der Waals surface area contributed by atoms with Crippen LogP contribution < -0.4 is 10.1 Å². The van der Waals surface area contributed by atoms with Crippen LogP contribution in [0.2, 0.25) is 0 Å². The van der Waals surface area contributed by atoms with E-state index in [1.165, 1.54) is 5.56 Å². The van der Waals surface area contributed by atoms with E-state index in [2.05, 4.69) is 5.32 Å². The van der Waals surface area contributed by atoms with Gasteiger partial charge in [0.05, 0.1) is 12.9 Å². The van der Waals surface area contributed by atoms with Crippen LogP contribution in [0.1, 0.15) is 37.0 Å². The standard InChI is InChI=1S/C24H32N2O3S/c1-5-22(24(28)25-6-2)26(15-19-9-7-18(3)8-10-19)23(27)17-30-16-20-11-13-21(29-4)14-12-20/h7-14,22H,5-6,15-17H2,1-4H3,(H,25,28). The number of thioether (sulfide) groups is 1. The first-order valence-electron chi connectivity index (χ1n) is 10.3. The molecule has 0 fully saturated rings. The van der Waals surface area contributed by atoms with Crippen LogP contribution in [0, 0.1) is 6.92 Å².